The molecular weight excluding hydrogens is 1100 g/mol. The normalized spacial score (nSPS) is 10.9. The summed E-state index contributed by atoms with van der Waals surface area (Å²) in [6.07, 6.45) is 8.17. The van der Waals surface area contributed by atoms with Crippen LogP contribution in [0.15, 0.2) is 62.1 Å². The maximum Gasteiger partial charge on any atom is 0.0610 e. The van der Waals surface area contributed by atoms with Crippen molar-refractivity contribution in [1.82, 2.24) is 0 Å². The van der Waals surface area contributed by atoms with Crippen LogP contribution in [0.4, 0.5) is 0 Å². The molecule has 0 radical (unpaired) electrons. The summed E-state index contributed by atoms with van der Waals surface area (Å²) in [6.45, 7) is 13.3. The van der Waals surface area contributed by atoms with E-state index in [1.807, 2.05) is 48.6 Å². The van der Waals surface area contributed by atoms with Gasteiger partial charge in [0.15, 0.2) is 0 Å². The fourth-order valence-corrected chi connectivity index (χ4v) is 6.33. The summed E-state index contributed by atoms with van der Waals surface area (Å²) in [7, 11) is 0. The Morgan fingerprint density at radius 1 is 0.435 bits per heavy atom. The lowest BCUT2D eigenvalue weighted by atomic mass is 9.83. The molecule has 0 bridgehead atoms. The van der Waals surface area contributed by atoms with Crippen LogP contribution >= 0.6 is 127 Å². The molecule has 8 heteroatoms. The standard InChI is InChI=1S/C38H30Br8/c1-37(2,3)29-15-25(19-33(39)40)31(26(16-29)20-34(41)42)13-11-23-7-9-24(10-8-23)12-14-32-27(21-35(43)44)17-30(38(4,5)6)18-28(32)22-36(45)46/h7-10,15-22H,1-6H3. The molecule has 238 valence electrons. The number of hydrogen-bond acceptors (Lipinski definition) is 0. The molecule has 0 atom stereocenters. The molecule has 0 fully saturated rings. The highest BCUT2D eigenvalue weighted by Crippen LogP contribution is 2.34. The molecule has 0 N–H and O–H groups in total. The molecule has 0 spiro atoms. The van der Waals surface area contributed by atoms with Gasteiger partial charge < -0.3 is 0 Å². The van der Waals surface area contributed by atoms with Gasteiger partial charge in [0.25, 0.3) is 0 Å². The summed E-state index contributed by atoms with van der Waals surface area (Å²) in [4.78, 5) is 0. The zero-order valence-electron chi connectivity index (χ0n) is 26.0. The molecule has 0 unspecified atom stereocenters. The van der Waals surface area contributed by atoms with E-state index in [2.05, 4.69) is 217 Å². The third kappa shape index (κ3) is 12.5. The smallest absolute Gasteiger partial charge is 0.0610 e. The van der Waals surface area contributed by atoms with Crippen LogP contribution in [-0.2, 0) is 10.8 Å². The third-order valence-electron chi connectivity index (χ3n) is 6.74. The van der Waals surface area contributed by atoms with E-state index >= 15 is 0 Å². The van der Waals surface area contributed by atoms with Crippen molar-refractivity contribution in [2.45, 2.75) is 52.4 Å². The van der Waals surface area contributed by atoms with Crippen LogP contribution in [-0.4, -0.2) is 0 Å². The molecule has 0 saturated carbocycles. The third-order valence-corrected chi connectivity index (χ3v) is 8.57. The second-order valence-corrected chi connectivity index (χ2v) is 23.5. The Bertz CT molecular complexity index is 1640. The van der Waals surface area contributed by atoms with Gasteiger partial charge in [-0.15, -0.1) is 0 Å². The molecule has 3 aromatic rings. The summed E-state index contributed by atoms with van der Waals surface area (Å²) in [5, 5.41) is 0. The topological polar surface area (TPSA) is 0 Å². The highest BCUT2D eigenvalue weighted by Gasteiger charge is 2.19. The average Bonchev–Trinajstić information content (AvgIpc) is 2.90. The minimum absolute atomic E-state index is 0.0241. The maximum atomic E-state index is 3.54. The van der Waals surface area contributed by atoms with Gasteiger partial charge in [-0.1, -0.05) is 65.2 Å². The maximum absolute atomic E-state index is 3.54. The van der Waals surface area contributed by atoms with Gasteiger partial charge in [-0.2, -0.15) is 0 Å². The fourth-order valence-electron chi connectivity index (χ4n) is 4.36. The Kier molecular flexibility index (Phi) is 15.2. The average molecular weight is 1130 g/mol. The fraction of sp³-hybridized carbons (Fsp3) is 0.211. The van der Waals surface area contributed by atoms with Crippen LogP contribution in [0.25, 0.3) is 24.3 Å². The second-order valence-electron chi connectivity index (χ2n) is 12.4. The molecule has 0 aromatic heterocycles. The lowest BCUT2D eigenvalue weighted by Crippen LogP contribution is -2.12. The Morgan fingerprint density at radius 3 is 0.870 bits per heavy atom. The lowest BCUT2D eigenvalue weighted by Gasteiger charge is -2.21. The second kappa shape index (κ2) is 17.5. The number of halogens is 8. The molecule has 46 heavy (non-hydrogen) atoms. The van der Waals surface area contributed by atoms with Crippen molar-refractivity contribution in [3.63, 3.8) is 0 Å². The van der Waals surface area contributed by atoms with Crippen molar-refractivity contribution in [2.24, 2.45) is 0 Å². The van der Waals surface area contributed by atoms with Crippen molar-refractivity contribution in [2.75, 3.05) is 0 Å². The SMILES string of the molecule is CC(C)(C)c1cc(C=C(Br)Br)c(C#Cc2ccc(C#Cc3c(C=C(Br)Br)cc(C(C)(C)C)cc3C=C(Br)Br)cc2)c(C=C(Br)Br)c1. The molecule has 0 amide bonds. The van der Waals surface area contributed by atoms with Crippen molar-refractivity contribution >= 4 is 152 Å². The number of hydrogen-bond donors (Lipinski definition) is 0. The van der Waals surface area contributed by atoms with Crippen LogP contribution in [0.1, 0.15) is 97.2 Å². The highest BCUT2D eigenvalue weighted by atomic mass is 79.9. The van der Waals surface area contributed by atoms with E-state index in [0.717, 1.165) is 58.1 Å². The van der Waals surface area contributed by atoms with Gasteiger partial charge in [0.2, 0.25) is 0 Å². The lowest BCUT2D eigenvalue weighted by molar-refractivity contribution is 0.589. The van der Waals surface area contributed by atoms with Crippen LogP contribution in [0, 0.1) is 23.7 Å². The van der Waals surface area contributed by atoms with Crippen molar-refractivity contribution in [3.05, 3.63) is 118 Å². The van der Waals surface area contributed by atoms with E-state index in [4.69, 9.17) is 0 Å². The van der Waals surface area contributed by atoms with Crippen molar-refractivity contribution in [3.8, 4) is 23.7 Å². The molecule has 0 nitrogen and oxygen atoms in total. The quantitative estimate of drug-likeness (QED) is 0.228. The minimum Gasteiger partial charge on any atom is -0.0616 e. The largest absolute Gasteiger partial charge is 0.0616 e. The van der Waals surface area contributed by atoms with Crippen molar-refractivity contribution in [1.29, 1.82) is 0 Å². The van der Waals surface area contributed by atoms with Gasteiger partial charge in [0, 0.05) is 22.3 Å². The van der Waals surface area contributed by atoms with Crippen molar-refractivity contribution < 1.29 is 0 Å². The zero-order chi connectivity index (χ0) is 34.4. The molecular formula is C38H30Br8. The zero-order valence-corrected chi connectivity index (χ0v) is 38.6. The Balaban J connectivity index is 2.11. The number of benzene rings is 3. The van der Waals surface area contributed by atoms with E-state index in [1.54, 1.807) is 0 Å². The summed E-state index contributed by atoms with van der Waals surface area (Å²) in [6, 6.07) is 16.9. The van der Waals surface area contributed by atoms with E-state index in [1.165, 1.54) is 11.1 Å². The van der Waals surface area contributed by atoms with E-state index in [0.29, 0.717) is 0 Å². The molecule has 0 aliphatic carbocycles. The Labute approximate surface area is 341 Å². The first-order chi connectivity index (χ1) is 21.3. The first-order valence-corrected chi connectivity index (χ1v) is 20.3. The van der Waals surface area contributed by atoms with Crippen LogP contribution in [0.3, 0.4) is 0 Å². The van der Waals surface area contributed by atoms with Gasteiger partial charge in [-0.05, 0) is 244 Å². The summed E-state index contributed by atoms with van der Waals surface area (Å²) in [5.41, 5.74) is 10.2. The molecule has 3 rings (SSSR count). The summed E-state index contributed by atoms with van der Waals surface area (Å²) in [5.74, 6) is 13.6. The molecule has 3 aromatic carbocycles. The van der Waals surface area contributed by atoms with E-state index < -0.39 is 0 Å². The monoisotopic (exact) mass is 1120 g/mol. The Hall–Kier alpha value is -0.420. The molecule has 0 heterocycles. The van der Waals surface area contributed by atoms with Gasteiger partial charge in [-0.3, -0.25) is 0 Å². The first kappa shape index (κ1) is 40.0. The molecule has 0 saturated heterocycles. The van der Waals surface area contributed by atoms with Crippen LogP contribution < -0.4 is 0 Å². The predicted octanol–water partition coefficient (Wildman–Crippen LogP) is 15.4. The Morgan fingerprint density at radius 2 is 0.674 bits per heavy atom. The van der Waals surface area contributed by atoms with Crippen LogP contribution in [0.2, 0.25) is 0 Å². The molecule has 0 aliphatic heterocycles. The summed E-state index contributed by atoms with van der Waals surface area (Å²) < 4.78 is 3.40. The summed E-state index contributed by atoms with van der Waals surface area (Å²) >= 11 is 28.3. The van der Waals surface area contributed by atoms with Gasteiger partial charge >= 0.3 is 0 Å². The highest BCUT2D eigenvalue weighted by molar-refractivity contribution is 9.29. The minimum atomic E-state index is -0.0241. The first-order valence-electron chi connectivity index (χ1n) is 14.0. The van der Waals surface area contributed by atoms with Gasteiger partial charge in [0.05, 0.1) is 13.6 Å². The van der Waals surface area contributed by atoms with E-state index in [9.17, 15) is 0 Å². The molecule has 0 aliphatic rings. The van der Waals surface area contributed by atoms with Gasteiger partial charge in [-0.25, -0.2) is 0 Å². The van der Waals surface area contributed by atoms with Gasteiger partial charge in [0.1, 0.15) is 0 Å². The number of rotatable bonds is 4. The van der Waals surface area contributed by atoms with E-state index in [-0.39, 0.29) is 10.8 Å². The van der Waals surface area contributed by atoms with Crippen LogP contribution in [0.5, 0.6) is 0 Å². The predicted molar refractivity (Wildman–Crippen MR) is 232 cm³/mol.